The molecule has 0 saturated carbocycles. The SMILES string of the molecule is CN(CCS(C)(=O)=O)c1cccc(CNC(C)(C)C)n1. The highest BCUT2D eigenvalue weighted by atomic mass is 32.2. The Kier molecular flexibility index (Phi) is 5.53. The molecule has 0 aliphatic rings. The normalized spacial score (nSPS) is 12.4. The topological polar surface area (TPSA) is 62.3 Å². The van der Waals surface area contributed by atoms with Crippen LogP contribution in [0.3, 0.4) is 0 Å². The van der Waals surface area contributed by atoms with Gasteiger partial charge in [0, 0.05) is 31.9 Å². The summed E-state index contributed by atoms with van der Waals surface area (Å²) in [5.74, 6) is 0.928. The van der Waals surface area contributed by atoms with Crippen molar-refractivity contribution in [2.75, 3.05) is 30.5 Å². The maximum Gasteiger partial charge on any atom is 0.149 e. The molecule has 5 nitrogen and oxygen atoms in total. The van der Waals surface area contributed by atoms with Gasteiger partial charge >= 0.3 is 0 Å². The van der Waals surface area contributed by atoms with Gasteiger partial charge in [0.05, 0.1) is 11.4 Å². The number of nitrogens with zero attached hydrogens (tertiary/aromatic N) is 2. The molecule has 1 aromatic rings. The van der Waals surface area contributed by atoms with Crippen molar-refractivity contribution in [1.82, 2.24) is 10.3 Å². The monoisotopic (exact) mass is 299 g/mol. The van der Waals surface area contributed by atoms with Crippen molar-refractivity contribution < 1.29 is 8.42 Å². The summed E-state index contributed by atoms with van der Waals surface area (Å²) in [5.41, 5.74) is 0.989. The van der Waals surface area contributed by atoms with Crippen molar-refractivity contribution in [1.29, 1.82) is 0 Å². The first-order valence-electron chi connectivity index (χ1n) is 6.67. The summed E-state index contributed by atoms with van der Waals surface area (Å²) in [6, 6.07) is 5.80. The molecule has 0 atom stereocenters. The maximum atomic E-state index is 11.2. The molecule has 0 aliphatic carbocycles. The average Bonchev–Trinajstić information content (AvgIpc) is 2.32. The van der Waals surface area contributed by atoms with Gasteiger partial charge in [0.15, 0.2) is 0 Å². The Morgan fingerprint density at radius 2 is 1.95 bits per heavy atom. The van der Waals surface area contributed by atoms with Gasteiger partial charge in [0.25, 0.3) is 0 Å². The van der Waals surface area contributed by atoms with Crippen molar-refractivity contribution >= 4 is 15.7 Å². The first-order valence-corrected chi connectivity index (χ1v) is 8.73. The molecule has 0 spiro atoms. The van der Waals surface area contributed by atoms with Crippen LogP contribution in [0.2, 0.25) is 0 Å². The molecule has 1 heterocycles. The molecular formula is C14H25N3O2S. The molecule has 0 fully saturated rings. The van der Waals surface area contributed by atoms with Gasteiger partial charge in [0.2, 0.25) is 0 Å². The minimum absolute atomic E-state index is 0.0415. The van der Waals surface area contributed by atoms with Crippen LogP contribution in [0.5, 0.6) is 0 Å². The smallest absolute Gasteiger partial charge is 0.149 e. The second-order valence-electron chi connectivity index (χ2n) is 6.14. The Hall–Kier alpha value is -1.14. The summed E-state index contributed by atoms with van der Waals surface area (Å²) in [6.07, 6.45) is 1.25. The Balaban J connectivity index is 2.67. The fourth-order valence-corrected chi connectivity index (χ4v) is 2.16. The van der Waals surface area contributed by atoms with Crippen molar-refractivity contribution in [2.24, 2.45) is 0 Å². The quantitative estimate of drug-likeness (QED) is 0.861. The van der Waals surface area contributed by atoms with Crippen LogP contribution in [0.25, 0.3) is 0 Å². The van der Waals surface area contributed by atoms with Gasteiger partial charge < -0.3 is 10.2 Å². The van der Waals surface area contributed by atoms with E-state index in [4.69, 9.17) is 0 Å². The molecule has 0 saturated heterocycles. The summed E-state index contributed by atoms with van der Waals surface area (Å²) in [6.45, 7) is 7.46. The Labute approximate surface area is 122 Å². The molecule has 20 heavy (non-hydrogen) atoms. The lowest BCUT2D eigenvalue weighted by Crippen LogP contribution is -2.35. The van der Waals surface area contributed by atoms with E-state index in [0.29, 0.717) is 13.1 Å². The van der Waals surface area contributed by atoms with Crippen LogP contribution in [0.4, 0.5) is 5.82 Å². The molecule has 0 aromatic carbocycles. The predicted octanol–water partition coefficient (Wildman–Crippen LogP) is 1.45. The number of pyridine rings is 1. The first-order chi connectivity index (χ1) is 9.07. The Morgan fingerprint density at radius 1 is 1.30 bits per heavy atom. The van der Waals surface area contributed by atoms with E-state index < -0.39 is 9.84 Å². The minimum Gasteiger partial charge on any atom is -0.359 e. The van der Waals surface area contributed by atoms with Gasteiger partial charge in [-0.05, 0) is 32.9 Å². The molecule has 0 bridgehead atoms. The standard InChI is InChI=1S/C14H25N3O2S/c1-14(2,3)15-11-12-7-6-8-13(16-12)17(4)9-10-20(5,18)19/h6-8,15H,9-11H2,1-5H3. The molecule has 114 valence electrons. The van der Waals surface area contributed by atoms with Gasteiger partial charge in [-0.25, -0.2) is 13.4 Å². The largest absolute Gasteiger partial charge is 0.359 e. The van der Waals surface area contributed by atoms with Gasteiger partial charge in [0.1, 0.15) is 15.7 Å². The lowest BCUT2D eigenvalue weighted by Gasteiger charge is -2.21. The number of hydrogen-bond acceptors (Lipinski definition) is 5. The molecule has 0 amide bonds. The third-order valence-electron chi connectivity index (χ3n) is 2.78. The highest BCUT2D eigenvalue weighted by molar-refractivity contribution is 7.90. The molecule has 6 heteroatoms. The van der Waals surface area contributed by atoms with Gasteiger partial charge in [-0.1, -0.05) is 6.07 Å². The van der Waals surface area contributed by atoms with Gasteiger partial charge in [-0.15, -0.1) is 0 Å². The lowest BCUT2D eigenvalue weighted by molar-refractivity contribution is 0.421. The summed E-state index contributed by atoms with van der Waals surface area (Å²) < 4.78 is 22.4. The van der Waals surface area contributed by atoms with E-state index in [9.17, 15) is 8.42 Å². The van der Waals surface area contributed by atoms with Gasteiger partial charge in [-0.2, -0.15) is 0 Å². The molecule has 0 aliphatic heterocycles. The van der Waals surface area contributed by atoms with Crippen LogP contribution in [-0.4, -0.2) is 44.5 Å². The number of sulfone groups is 1. The molecule has 1 N–H and O–H groups in total. The zero-order chi connectivity index (χ0) is 15.4. The van der Waals surface area contributed by atoms with Crippen LogP contribution in [0.1, 0.15) is 26.5 Å². The van der Waals surface area contributed by atoms with Crippen molar-refractivity contribution in [3.8, 4) is 0 Å². The molecule has 1 aromatic heterocycles. The van der Waals surface area contributed by atoms with Crippen LogP contribution < -0.4 is 10.2 Å². The van der Waals surface area contributed by atoms with Crippen LogP contribution in [0, 0.1) is 0 Å². The highest BCUT2D eigenvalue weighted by Gasteiger charge is 2.11. The first kappa shape index (κ1) is 16.9. The molecule has 0 unspecified atom stereocenters. The predicted molar refractivity (Wildman–Crippen MR) is 83.8 cm³/mol. The fraction of sp³-hybridized carbons (Fsp3) is 0.643. The summed E-state index contributed by atoms with van der Waals surface area (Å²) in [5, 5.41) is 3.38. The summed E-state index contributed by atoms with van der Waals surface area (Å²) in [7, 11) is -1.09. The molecule has 1 rings (SSSR count). The Bertz CT molecular complexity index is 536. The van der Waals surface area contributed by atoms with Crippen LogP contribution in [-0.2, 0) is 16.4 Å². The highest BCUT2D eigenvalue weighted by Crippen LogP contribution is 2.10. The van der Waals surface area contributed by atoms with Crippen LogP contribution in [0.15, 0.2) is 18.2 Å². The van der Waals surface area contributed by atoms with E-state index in [1.165, 1.54) is 6.26 Å². The number of rotatable bonds is 6. The van der Waals surface area contributed by atoms with Crippen molar-refractivity contribution in [3.63, 3.8) is 0 Å². The average molecular weight is 299 g/mol. The number of aromatic nitrogens is 1. The number of nitrogens with one attached hydrogen (secondary N) is 1. The Morgan fingerprint density at radius 3 is 2.50 bits per heavy atom. The van der Waals surface area contributed by atoms with E-state index in [2.05, 4.69) is 31.1 Å². The fourth-order valence-electron chi connectivity index (χ4n) is 1.55. The van der Waals surface area contributed by atoms with E-state index in [-0.39, 0.29) is 11.3 Å². The maximum absolute atomic E-state index is 11.2. The third kappa shape index (κ3) is 6.86. The van der Waals surface area contributed by atoms with E-state index in [1.54, 1.807) is 0 Å². The van der Waals surface area contributed by atoms with Crippen molar-refractivity contribution in [3.05, 3.63) is 23.9 Å². The number of hydrogen-bond donors (Lipinski definition) is 1. The summed E-state index contributed by atoms with van der Waals surface area (Å²) in [4.78, 5) is 6.41. The van der Waals surface area contributed by atoms with Crippen molar-refractivity contribution in [2.45, 2.75) is 32.9 Å². The zero-order valence-electron chi connectivity index (χ0n) is 13.0. The zero-order valence-corrected chi connectivity index (χ0v) is 13.8. The second kappa shape index (κ2) is 6.54. The summed E-state index contributed by atoms with van der Waals surface area (Å²) >= 11 is 0. The van der Waals surface area contributed by atoms with Crippen LogP contribution >= 0.6 is 0 Å². The van der Waals surface area contributed by atoms with E-state index in [1.807, 2.05) is 30.1 Å². The third-order valence-corrected chi connectivity index (χ3v) is 3.70. The second-order valence-corrected chi connectivity index (χ2v) is 8.40. The van der Waals surface area contributed by atoms with E-state index in [0.717, 1.165) is 11.5 Å². The van der Waals surface area contributed by atoms with Gasteiger partial charge in [-0.3, -0.25) is 0 Å². The lowest BCUT2D eigenvalue weighted by atomic mass is 10.1. The molecule has 0 radical (unpaired) electrons. The minimum atomic E-state index is -2.95. The van der Waals surface area contributed by atoms with E-state index >= 15 is 0 Å². The number of anilines is 1. The molecular weight excluding hydrogens is 274 g/mol.